The molecule has 30 heavy (non-hydrogen) atoms. The van der Waals surface area contributed by atoms with Crippen molar-refractivity contribution in [3.05, 3.63) is 47.5 Å². The van der Waals surface area contributed by atoms with Gasteiger partial charge in [0, 0.05) is 30.9 Å². The number of piperidine rings is 1. The van der Waals surface area contributed by atoms with Crippen molar-refractivity contribution in [1.29, 1.82) is 0 Å². The Hall–Kier alpha value is -2.88. The number of amides is 2. The zero-order valence-electron chi connectivity index (χ0n) is 16.2. The third kappa shape index (κ3) is 3.55. The van der Waals surface area contributed by atoms with Gasteiger partial charge in [-0.15, -0.1) is 0 Å². The van der Waals surface area contributed by atoms with Crippen molar-refractivity contribution < 1.29 is 27.9 Å². The lowest BCUT2D eigenvalue weighted by Crippen LogP contribution is -2.53. The van der Waals surface area contributed by atoms with Crippen molar-refractivity contribution in [3.63, 3.8) is 0 Å². The Balaban J connectivity index is 1.60. The maximum absolute atomic E-state index is 15.1. The maximum atomic E-state index is 15.1. The van der Waals surface area contributed by atoms with Gasteiger partial charge in [0.25, 0.3) is 11.8 Å². The smallest absolute Gasteiger partial charge is 0.352 e. The molecule has 2 bridgehead atoms. The van der Waals surface area contributed by atoms with E-state index in [0.29, 0.717) is 24.6 Å². The number of aliphatic hydroxyl groups excluding tert-OH is 1. The number of anilines is 1. The van der Waals surface area contributed by atoms with Gasteiger partial charge in [-0.2, -0.15) is 13.9 Å². The molecule has 3 heterocycles. The second kappa shape index (κ2) is 7.42. The van der Waals surface area contributed by atoms with Crippen LogP contribution in [0.5, 0.6) is 0 Å². The number of carbonyl (C=O) groups is 2. The molecule has 4 rings (SSSR count). The minimum Gasteiger partial charge on any atom is -0.393 e. The lowest BCUT2D eigenvalue weighted by molar-refractivity contribution is -0.166. The first kappa shape index (κ1) is 20.4. The molecule has 3 atom stereocenters. The standard InChI is InChI=1S/C20H21F3N4O3/c1-26-10-12(9-24-26)25-18(29)11-2-5-17(21)16(6-11)20(22,23)19(30)27-13-3-4-14(27)8-15(28)7-13/h2,5-6,9-10,13-15,28H,3-4,7-8H2,1H3,(H,25,29)/t13-,14+,15?. The first-order valence-electron chi connectivity index (χ1n) is 9.65. The van der Waals surface area contributed by atoms with Gasteiger partial charge in [-0.05, 0) is 43.9 Å². The average molecular weight is 422 g/mol. The van der Waals surface area contributed by atoms with Gasteiger partial charge in [-0.25, -0.2) is 4.39 Å². The first-order chi connectivity index (χ1) is 14.2. The molecule has 10 heteroatoms. The van der Waals surface area contributed by atoms with Crippen LogP contribution in [0.15, 0.2) is 30.6 Å². The predicted octanol–water partition coefficient (Wildman–Crippen LogP) is 2.42. The summed E-state index contributed by atoms with van der Waals surface area (Å²) in [4.78, 5) is 26.2. The summed E-state index contributed by atoms with van der Waals surface area (Å²) in [5.74, 6) is -7.63. The van der Waals surface area contributed by atoms with Gasteiger partial charge < -0.3 is 15.3 Å². The van der Waals surface area contributed by atoms with Crippen molar-refractivity contribution in [2.24, 2.45) is 7.05 Å². The molecule has 160 valence electrons. The summed E-state index contributed by atoms with van der Waals surface area (Å²) < 4.78 is 46.0. The van der Waals surface area contributed by atoms with E-state index in [4.69, 9.17) is 0 Å². The van der Waals surface area contributed by atoms with Crippen molar-refractivity contribution in [1.82, 2.24) is 14.7 Å². The number of benzene rings is 1. The number of nitrogens with one attached hydrogen (secondary N) is 1. The fourth-order valence-corrected chi connectivity index (χ4v) is 4.35. The molecule has 0 aliphatic carbocycles. The molecule has 2 saturated heterocycles. The van der Waals surface area contributed by atoms with Gasteiger partial charge >= 0.3 is 5.92 Å². The second-order valence-corrected chi connectivity index (χ2v) is 7.85. The lowest BCUT2D eigenvalue weighted by Gasteiger charge is -2.39. The molecule has 0 saturated carbocycles. The Morgan fingerprint density at radius 3 is 2.50 bits per heavy atom. The minimum absolute atomic E-state index is 0.209. The van der Waals surface area contributed by atoms with Crippen molar-refractivity contribution in [2.75, 3.05) is 5.32 Å². The Morgan fingerprint density at radius 2 is 1.90 bits per heavy atom. The number of halogens is 3. The van der Waals surface area contributed by atoms with E-state index in [0.717, 1.165) is 17.0 Å². The highest BCUT2D eigenvalue weighted by Crippen LogP contribution is 2.41. The molecule has 2 aliphatic rings. The van der Waals surface area contributed by atoms with E-state index in [1.54, 1.807) is 7.05 Å². The molecule has 7 nitrogen and oxygen atoms in total. The fourth-order valence-electron chi connectivity index (χ4n) is 4.35. The number of hydrogen-bond donors (Lipinski definition) is 2. The van der Waals surface area contributed by atoms with E-state index in [2.05, 4.69) is 10.4 Å². The van der Waals surface area contributed by atoms with Gasteiger partial charge in [-0.3, -0.25) is 14.3 Å². The highest BCUT2D eigenvalue weighted by Gasteiger charge is 2.53. The minimum atomic E-state index is -4.14. The summed E-state index contributed by atoms with van der Waals surface area (Å²) in [6.07, 6.45) is 3.78. The summed E-state index contributed by atoms with van der Waals surface area (Å²) in [5.41, 5.74) is -1.00. The Bertz CT molecular complexity index is 979. The third-order valence-electron chi connectivity index (χ3n) is 5.74. The lowest BCUT2D eigenvalue weighted by atomic mass is 9.96. The molecule has 1 aromatic heterocycles. The van der Waals surface area contributed by atoms with Crippen LogP contribution in [-0.2, 0) is 17.8 Å². The van der Waals surface area contributed by atoms with E-state index in [1.807, 2.05) is 0 Å². The fraction of sp³-hybridized carbons (Fsp3) is 0.450. The van der Waals surface area contributed by atoms with Crippen molar-refractivity contribution in [3.8, 4) is 0 Å². The predicted molar refractivity (Wildman–Crippen MR) is 100 cm³/mol. The highest BCUT2D eigenvalue weighted by atomic mass is 19.3. The van der Waals surface area contributed by atoms with Crippen molar-refractivity contribution in [2.45, 2.75) is 49.8 Å². The number of nitrogens with zero attached hydrogens (tertiary/aromatic N) is 3. The van der Waals surface area contributed by atoms with Crippen molar-refractivity contribution >= 4 is 17.5 Å². The Kier molecular flexibility index (Phi) is 5.05. The van der Waals surface area contributed by atoms with Crippen LogP contribution >= 0.6 is 0 Å². The molecule has 1 aromatic carbocycles. The van der Waals surface area contributed by atoms with Crippen LogP contribution in [0.1, 0.15) is 41.6 Å². The summed E-state index contributed by atoms with van der Waals surface area (Å²) >= 11 is 0. The van der Waals surface area contributed by atoms with Gasteiger partial charge in [0.05, 0.1) is 23.6 Å². The monoisotopic (exact) mass is 422 g/mol. The van der Waals surface area contributed by atoms with Gasteiger partial charge in [0.1, 0.15) is 5.82 Å². The van der Waals surface area contributed by atoms with Gasteiger partial charge in [0.15, 0.2) is 0 Å². The van der Waals surface area contributed by atoms with Crippen LogP contribution < -0.4 is 5.32 Å². The van der Waals surface area contributed by atoms with Crippen LogP contribution in [0.25, 0.3) is 0 Å². The summed E-state index contributed by atoms with van der Waals surface area (Å²) in [7, 11) is 1.64. The van der Waals surface area contributed by atoms with Crippen LogP contribution in [0.2, 0.25) is 0 Å². The van der Waals surface area contributed by atoms with E-state index in [9.17, 15) is 19.1 Å². The Labute approximate surface area is 170 Å². The molecule has 2 aliphatic heterocycles. The number of hydrogen-bond acceptors (Lipinski definition) is 4. The first-order valence-corrected chi connectivity index (χ1v) is 9.65. The topological polar surface area (TPSA) is 87.5 Å². The summed E-state index contributed by atoms with van der Waals surface area (Å²) in [6, 6.07) is 1.56. The normalized spacial score (nSPS) is 23.5. The number of rotatable bonds is 4. The summed E-state index contributed by atoms with van der Waals surface area (Å²) in [5, 5.41) is 16.2. The molecule has 0 radical (unpaired) electrons. The average Bonchev–Trinajstić information content (AvgIpc) is 3.21. The van der Waals surface area contributed by atoms with Gasteiger partial charge in [0.2, 0.25) is 0 Å². The SMILES string of the molecule is Cn1cc(NC(=O)c2ccc(F)c(C(F)(F)C(=O)N3[C@@H]4CC[C@H]3CC(O)C4)c2)cn1. The quantitative estimate of drug-likeness (QED) is 0.792. The van der Waals surface area contributed by atoms with Crippen LogP contribution in [0.4, 0.5) is 18.9 Å². The third-order valence-corrected chi connectivity index (χ3v) is 5.74. The molecule has 2 fully saturated rings. The number of fused-ring (bicyclic) bond motifs is 2. The van der Waals surface area contributed by atoms with E-state index in [1.165, 1.54) is 17.1 Å². The van der Waals surface area contributed by atoms with E-state index < -0.39 is 47.3 Å². The van der Waals surface area contributed by atoms with Gasteiger partial charge in [-0.1, -0.05) is 0 Å². The van der Waals surface area contributed by atoms with E-state index in [-0.39, 0.29) is 18.4 Å². The number of aryl methyl sites for hydroxylation is 1. The number of carbonyl (C=O) groups excluding carboxylic acids is 2. The highest BCUT2D eigenvalue weighted by molar-refractivity contribution is 6.04. The molecular weight excluding hydrogens is 401 g/mol. The Morgan fingerprint density at radius 1 is 1.23 bits per heavy atom. The van der Waals surface area contributed by atoms with Crippen LogP contribution in [0.3, 0.4) is 0 Å². The molecule has 0 spiro atoms. The molecule has 2 aromatic rings. The molecule has 2 N–H and O–H groups in total. The van der Waals surface area contributed by atoms with Crippen LogP contribution in [0, 0.1) is 5.82 Å². The maximum Gasteiger partial charge on any atom is 0.352 e. The van der Waals surface area contributed by atoms with E-state index >= 15 is 8.78 Å². The molecular formula is C20H21F3N4O3. The zero-order valence-corrected chi connectivity index (χ0v) is 16.2. The molecule has 2 amide bonds. The largest absolute Gasteiger partial charge is 0.393 e. The second-order valence-electron chi connectivity index (χ2n) is 7.85. The number of aliphatic hydroxyl groups is 1. The van der Waals surface area contributed by atoms with Crippen LogP contribution in [-0.4, -0.2) is 49.8 Å². The number of alkyl halides is 2. The number of aromatic nitrogens is 2. The molecule has 1 unspecified atom stereocenters. The summed E-state index contributed by atoms with van der Waals surface area (Å²) in [6.45, 7) is 0. The zero-order chi connectivity index (χ0) is 21.6.